The molecule has 0 saturated heterocycles. The number of aryl methyl sites for hydroxylation is 4. The molecule has 0 spiro atoms. The van der Waals surface area contributed by atoms with Gasteiger partial charge in [0.1, 0.15) is 0 Å². The molecule has 1 aromatic carbocycles. The van der Waals surface area contributed by atoms with Crippen molar-refractivity contribution in [1.82, 2.24) is 19.9 Å². The van der Waals surface area contributed by atoms with E-state index >= 15 is 0 Å². The quantitative estimate of drug-likeness (QED) is 0.735. The van der Waals surface area contributed by atoms with Crippen LogP contribution in [-0.4, -0.2) is 27.0 Å². The lowest BCUT2D eigenvalue weighted by Crippen LogP contribution is -2.25. The Hall–Kier alpha value is -2.69. The lowest BCUT2D eigenvalue weighted by molar-refractivity contribution is 0.0952. The minimum absolute atomic E-state index is 0.0104. The van der Waals surface area contributed by atoms with Crippen LogP contribution in [0.1, 0.15) is 39.2 Å². The number of amides is 1. The van der Waals surface area contributed by atoms with Crippen molar-refractivity contribution in [3.05, 3.63) is 64.6 Å². The first kappa shape index (κ1) is 16.2. The van der Waals surface area contributed by atoms with E-state index in [1.54, 1.807) is 4.52 Å². The van der Waals surface area contributed by atoms with Gasteiger partial charge < -0.3 is 5.32 Å². The van der Waals surface area contributed by atoms with Crippen molar-refractivity contribution in [2.24, 2.45) is 0 Å². The zero-order chi connectivity index (χ0) is 17.1. The van der Waals surface area contributed by atoms with Gasteiger partial charge in [-0.05, 0) is 50.8 Å². The molecule has 0 atom stereocenters. The van der Waals surface area contributed by atoms with Gasteiger partial charge in [0.2, 0.25) is 0 Å². The topological polar surface area (TPSA) is 59.3 Å². The normalized spacial score (nSPS) is 11.0. The van der Waals surface area contributed by atoms with Crippen LogP contribution in [0.4, 0.5) is 0 Å². The molecule has 0 bridgehead atoms. The predicted octanol–water partition coefficient (Wildman–Crippen LogP) is 3.02. The number of aromatic nitrogens is 3. The Bertz CT molecular complexity index is 882. The molecule has 0 unspecified atom stereocenters. The first-order chi connectivity index (χ1) is 11.5. The van der Waals surface area contributed by atoms with E-state index in [1.807, 2.05) is 57.4 Å². The summed E-state index contributed by atoms with van der Waals surface area (Å²) in [5.74, 6) is -0.0104. The Morgan fingerprint density at radius 3 is 2.83 bits per heavy atom. The van der Waals surface area contributed by atoms with Crippen LogP contribution in [0.5, 0.6) is 0 Å². The SMILES string of the molecule is Cc1ccc(C(=O)NCCCc2cnc3cc(C)nn3c2)c(C)c1. The molecule has 2 aromatic heterocycles. The summed E-state index contributed by atoms with van der Waals surface area (Å²) in [4.78, 5) is 16.6. The molecule has 24 heavy (non-hydrogen) atoms. The Balaban J connectivity index is 1.53. The number of hydrogen-bond donors (Lipinski definition) is 1. The van der Waals surface area contributed by atoms with E-state index in [1.165, 1.54) is 5.56 Å². The number of nitrogens with zero attached hydrogens (tertiary/aromatic N) is 3. The Morgan fingerprint density at radius 1 is 1.21 bits per heavy atom. The van der Waals surface area contributed by atoms with E-state index < -0.39 is 0 Å². The minimum atomic E-state index is -0.0104. The molecule has 0 aliphatic carbocycles. The smallest absolute Gasteiger partial charge is 0.251 e. The molecular formula is C19H22N4O. The van der Waals surface area contributed by atoms with Crippen LogP contribution in [0.15, 0.2) is 36.7 Å². The van der Waals surface area contributed by atoms with E-state index in [2.05, 4.69) is 15.4 Å². The fourth-order valence-electron chi connectivity index (χ4n) is 2.82. The maximum atomic E-state index is 12.2. The summed E-state index contributed by atoms with van der Waals surface area (Å²) in [7, 11) is 0. The highest BCUT2D eigenvalue weighted by Gasteiger charge is 2.08. The van der Waals surface area contributed by atoms with E-state index in [4.69, 9.17) is 0 Å². The summed E-state index contributed by atoms with van der Waals surface area (Å²) < 4.78 is 1.80. The van der Waals surface area contributed by atoms with Gasteiger partial charge in [-0.3, -0.25) is 4.79 Å². The highest BCUT2D eigenvalue weighted by atomic mass is 16.1. The van der Waals surface area contributed by atoms with Gasteiger partial charge in [0.25, 0.3) is 5.91 Å². The fraction of sp³-hybridized carbons (Fsp3) is 0.316. The average Bonchev–Trinajstić information content (AvgIpc) is 2.90. The molecule has 3 rings (SSSR count). The number of nitrogens with one attached hydrogen (secondary N) is 1. The Labute approximate surface area is 141 Å². The van der Waals surface area contributed by atoms with Crippen molar-refractivity contribution in [3.8, 4) is 0 Å². The Morgan fingerprint density at radius 2 is 2.04 bits per heavy atom. The molecular weight excluding hydrogens is 300 g/mol. The molecule has 2 heterocycles. The molecule has 3 aromatic rings. The first-order valence-corrected chi connectivity index (χ1v) is 8.19. The van der Waals surface area contributed by atoms with Crippen molar-refractivity contribution >= 4 is 11.6 Å². The maximum Gasteiger partial charge on any atom is 0.251 e. The van der Waals surface area contributed by atoms with E-state index in [-0.39, 0.29) is 5.91 Å². The highest BCUT2D eigenvalue weighted by molar-refractivity contribution is 5.95. The van der Waals surface area contributed by atoms with Crippen molar-refractivity contribution in [3.63, 3.8) is 0 Å². The van der Waals surface area contributed by atoms with Crippen LogP contribution >= 0.6 is 0 Å². The third-order valence-electron chi connectivity index (χ3n) is 4.04. The van der Waals surface area contributed by atoms with Gasteiger partial charge in [-0.15, -0.1) is 0 Å². The molecule has 0 aliphatic rings. The summed E-state index contributed by atoms with van der Waals surface area (Å²) >= 11 is 0. The van der Waals surface area contributed by atoms with Gasteiger partial charge in [-0.25, -0.2) is 9.50 Å². The number of fused-ring (bicyclic) bond motifs is 1. The number of benzene rings is 1. The van der Waals surface area contributed by atoms with Gasteiger partial charge in [-0.1, -0.05) is 17.7 Å². The summed E-state index contributed by atoms with van der Waals surface area (Å²) in [6.45, 7) is 6.59. The average molecular weight is 322 g/mol. The van der Waals surface area contributed by atoms with Gasteiger partial charge in [0.05, 0.1) is 5.69 Å². The number of rotatable bonds is 5. The largest absolute Gasteiger partial charge is 0.352 e. The zero-order valence-electron chi connectivity index (χ0n) is 14.3. The minimum Gasteiger partial charge on any atom is -0.352 e. The van der Waals surface area contributed by atoms with Crippen molar-refractivity contribution < 1.29 is 4.79 Å². The molecule has 124 valence electrons. The van der Waals surface area contributed by atoms with Gasteiger partial charge in [-0.2, -0.15) is 5.10 Å². The molecule has 1 amide bonds. The molecule has 0 saturated carbocycles. The van der Waals surface area contributed by atoms with Gasteiger partial charge in [0.15, 0.2) is 5.65 Å². The standard InChI is InChI=1S/C19H22N4O/c1-13-6-7-17(14(2)9-13)19(24)20-8-4-5-16-11-21-18-10-15(3)22-23(18)12-16/h6-7,9-12H,4-5,8H2,1-3H3,(H,20,24). The van der Waals surface area contributed by atoms with Crippen molar-refractivity contribution in [2.75, 3.05) is 6.54 Å². The summed E-state index contributed by atoms with van der Waals surface area (Å²) in [6, 6.07) is 7.84. The van der Waals surface area contributed by atoms with Crippen LogP contribution in [0.2, 0.25) is 0 Å². The predicted molar refractivity (Wildman–Crippen MR) is 94.3 cm³/mol. The maximum absolute atomic E-state index is 12.2. The van der Waals surface area contributed by atoms with Crippen molar-refractivity contribution in [1.29, 1.82) is 0 Å². The highest BCUT2D eigenvalue weighted by Crippen LogP contribution is 2.10. The Kier molecular flexibility index (Phi) is 4.60. The zero-order valence-corrected chi connectivity index (χ0v) is 14.3. The number of carbonyl (C=O) groups excluding carboxylic acids is 1. The molecule has 0 fully saturated rings. The lowest BCUT2D eigenvalue weighted by Gasteiger charge is -2.08. The number of carbonyl (C=O) groups is 1. The third-order valence-corrected chi connectivity index (χ3v) is 4.04. The molecule has 0 aliphatic heterocycles. The van der Waals surface area contributed by atoms with E-state index in [9.17, 15) is 4.79 Å². The van der Waals surface area contributed by atoms with Crippen LogP contribution in [0, 0.1) is 20.8 Å². The third kappa shape index (κ3) is 3.62. The fourth-order valence-corrected chi connectivity index (χ4v) is 2.82. The second-order valence-corrected chi connectivity index (χ2v) is 6.23. The van der Waals surface area contributed by atoms with E-state index in [0.717, 1.165) is 40.9 Å². The summed E-state index contributed by atoms with van der Waals surface area (Å²) in [6.07, 6.45) is 5.60. The first-order valence-electron chi connectivity index (χ1n) is 8.19. The monoisotopic (exact) mass is 322 g/mol. The number of hydrogen-bond acceptors (Lipinski definition) is 3. The van der Waals surface area contributed by atoms with Crippen LogP contribution in [-0.2, 0) is 6.42 Å². The van der Waals surface area contributed by atoms with Crippen LogP contribution < -0.4 is 5.32 Å². The second kappa shape index (κ2) is 6.83. The van der Waals surface area contributed by atoms with Gasteiger partial charge >= 0.3 is 0 Å². The van der Waals surface area contributed by atoms with E-state index in [0.29, 0.717) is 6.54 Å². The molecule has 5 heteroatoms. The molecule has 1 N–H and O–H groups in total. The van der Waals surface area contributed by atoms with Crippen LogP contribution in [0.25, 0.3) is 5.65 Å². The van der Waals surface area contributed by atoms with Gasteiger partial charge in [0, 0.05) is 30.6 Å². The molecule has 0 radical (unpaired) electrons. The molecule has 5 nitrogen and oxygen atoms in total. The van der Waals surface area contributed by atoms with Crippen LogP contribution in [0.3, 0.4) is 0 Å². The summed E-state index contributed by atoms with van der Waals surface area (Å²) in [5, 5.41) is 7.36. The van der Waals surface area contributed by atoms with Crippen molar-refractivity contribution in [2.45, 2.75) is 33.6 Å². The second-order valence-electron chi connectivity index (χ2n) is 6.23. The lowest BCUT2D eigenvalue weighted by atomic mass is 10.1. The summed E-state index contributed by atoms with van der Waals surface area (Å²) in [5.41, 5.74) is 5.86.